The van der Waals surface area contributed by atoms with Crippen LogP contribution in [-0.2, 0) is 0 Å². The highest BCUT2D eigenvalue weighted by Gasteiger charge is 2.08. The van der Waals surface area contributed by atoms with E-state index in [9.17, 15) is 4.39 Å². The summed E-state index contributed by atoms with van der Waals surface area (Å²) in [5.41, 5.74) is 8.51. The summed E-state index contributed by atoms with van der Waals surface area (Å²) in [5, 5.41) is 0. The number of allylic oxidation sites excluding steroid dienone is 3. The van der Waals surface area contributed by atoms with E-state index in [1.165, 1.54) is 6.20 Å². The fraction of sp³-hybridized carbons (Fsp3) is 0.333. The molecule has 1 aromatic carbocycles. The van der Waals surface area contributed by atoms with E-state index in [0.717, 1.165) is 11.1 Å². The van der Waals surface area contributed by atoms with Crippen LogP contribution >= 0.6 is 0 Å². The van der Waals surface area contributed by atoms with Crippen molar-refractivity contribution in [3.05, 3.63) is 66.2 Å². The molecule has 0 radical (unpaired) electrons. The minimum absolute atomic E-state index is 0. The Morgan fingerprint density at radius 1 is 1.20 bits per heavy atom. The van der Waals surface area contributed by atoms with Crippen molar-refractivity contribution in [1.29, 1.82) is 0 Å². The zero-order valence-corrected chi connectivity index (χ0v) is 12.8. The molecule has 2 N–H and O–H groups in total. The fourth-order valence-corrected chi connectivity index (χ4v) is 1.58. The minimum Gasteiger partial charge on any atom is -0.405 e. The highest BCUT2D eigenvalue weighted by Crippen LogP contribution is 2.23. The lowest BCUT2D eigenvalue weighted by Gasteiger charge is -2.09. The Morgan fingerprint density at radius 2 is 1.70 bits per heavy atom. The van der Waals surface area contributed by atoms with Crippen LogP contribution in [0.25, 0.3) is 5.57 Å². The van der Waals surface area contributed by atoms with E-state index in [1.54, 1.807) is 26.0 Å². The van der Waals surface area contributed by atoms with Gasteiger partial charge in [0.1, 0.15) is 5.82 Å². The third-order valence-corrected chi connectivity index (χ3v) is 2.48. The van der Waals surface area contributed by atoms with E-state index in [4.69, 9.17) is 5.73 Å². The van der Waals surface area contributed by atoms with Crippen molar-refractivity contribution in [2.45, 2.75) is 42.0 Å². The molecule has 2 heteroatoms. The van der Waals surface area contributed by atoms with Gasteiger partial charge in [-0.25, -0.2) is 4.39 Å². The number of hydrogen-bond donors (Lipinski definition) is 1. The van der Waals surface area contributed by atoms with Crippen LogP contribution in [0, 0.1) is 19.7 Å². The van der Waals surface area contributed by atoms with Gasteiger partial charge in [-0.3, -0.25) is 0 Å². The summed E-state index contributed by atoms with van der Waals surface area (Å²) in [7, 11) is 0. The summed E-state index contributed by atoms with van der Waals surface area (Å²) >= 11 is 0. The molecule has 0 saturated heterocycles. The van der Waals surface area contributed by atoms with Crippen molar-refractivity contribution in [3.8, 4) is 0 Å². The standard InChI is InChI=1S/C13H16FN.C2H6.C2H4.CH4/c1-4-11(7-8-15)12-6-5-9(2)13(14)10(12)3;2*1-2;/h4-8H,15H2,1-3H3;1-2H3;1-2H2;1H4/b8-7-,11-4+;;;. The van der Waals surface area contributed by atoms with E-state index in [-0.39, 0.29) is 13.2 Å². The van der Waals surface area contributed by atoms with Crippen LogP contribution in [0.2, 0.25) is 0 Å². The second kappa shape index (κ2) is 13.6. The highest BCUT2D eigenvalue weighted by atomic mass is 19.1. The third-order valence-electron chi connectivity index (χ3n) is 2.48. The van der Waals surface area contributed by atoms with Gasteiger partial charge in [0.2, 0.25) is 0 Å². The summed E-state index contributed by atoms with van der Waals surface area (Å²) in [6, 6.07) is 3.70. The van der Waals surface area contributed by atoms with Gasteiger partial charge in [0.25, 0.3) is 0 Å². The molecule has 0 aromatic heterocycles. The molecule has 0 atom stereocenters. The first kappa shape index (κ1) is 23.3. The molecule has 0 aliphatic carbocycles. The lowest BCUT2D eigenvalue weighted by Crippen LogP contribution is -1.94. The zero-order valence-electron chi connectivity index (χ0n) is 12.8. The van der Waals surface area contributed by atoms with Crippen LogP contribution in [0.4, 0.5) is 4.39 Å². The third kappa shape index (κ3) is 6.37. The van der Waals surface area contributed by atoms with Gasteiger partial charge in [0, 0.05) is 0 Å². The Kier molecular flexibility index (Phi) is 15.8. The molecule has 0 aliphatic heterocycles. The maximum Gasteiger partial charge on any atom is 0.129 e. The summed E-state index contributed by atoms with van der Waals surface area (Å²) in [6.45, 7) is 15.5. The number of aryl methyl sites for hydroxylation is 1. The predicted molar refractivity (Wildman–Crippen MR) is 92.2 cm³/mol. The molecule has 0 fully saturated rings. The highest BCUT2D eigenvalue weighted by molar-refractivity contribution is 5.75. The number of hydrogen-bond acceptors (Lipinski definition) is 1. The Bertz CT molecular complexity index is 431. The molecule has 1 nitrogen and oxygen atoms in total. The molecule has 0 aliphatic rings. The predicted octanol–water partition coefficient (Wildman–Crippen LogP) is 5.78. The molecular formula is C18H30FN. The monoisotopic (exact) mass is 279 g/mol. The largest absolute Gasteiger partial charge is 0.405 e. The van der Waals surface area contributed by atoms with E-state index >= 15 is 0 Å². The Morgan fingerprint density at radius 3 is 2.10 bits per heavy atom. The Balaban J connectivity index is -0.000000529. The van der Waals surface area contributed by atoms with E-state index in [2.05, 4.69) is 13.2 Å². The van der Waals surface area contributed by atoms with Gasteiger partial charge in [-0.1, -0.05) is 39.5 Å². The fourth-order valence-electron chi connectivity index (χ4n) is 1.58. The molecule has 0 bridgehead atoms. The maximum atomic E-state index is 13.6. The summed E-state index contributed by atoms with van der Waals surface area (Å²) in [6.07, 6.45) is 5.16. The summed E-state index contributed by atoms with van der Waals surface area (Å²) in [4.78, 5) is 0. The first-order chi connectivity index (χ1) is 9.11. The number of rotatable bonds is 2. The summed E-state index contributed by atoms with van der Waals surface area (Å²) in [5.74, 6) is -0.141. The van der Waals surface area contributed by atoms with Gasteiger partial charge < -0.3 is 5.73 Å². The van der Waals surface area contributed by atoms with Gasteiger partial charge in [-0.15, -0.1) is 13.2 Å². The van der Waals surface area contributed by atoms with Crippen molar-refractivity contribution in [1.82, 2.24) is 0 Å². The second-order valence-corrected chi connectivity index (χ2v) is 3.47. The molecule has 20 heavy (non-hydrogen) atoms. The topological polar surface area (TPSA) is 26.0 Å². The lowest BCUT2D eigenvalue weighted by atomic mass is 9.98. The van der Waals surface area contributed by atoms with Crippen LogP contribution in [0.1, 0.15) is 44.9 Å². The van der Waals surface area contributed by atoms with Crippen molar-refractivity contribution < 1.29 is 4.39 Å². The number of halogens is 1. The van der Waals surface area contributed by atoms with Gasteiger partial charge in [-0.05, 0) is 55.3 Å². The maximum absolute atomic E-state index is 13.6. The van der Waals surface area contributed by atoms with Gasteiger partial charge in [0.15, 0.2) is 0 Å². The molecule has 0 amide bonds. The molecule has 0 spiro atoms. The van der Waals surface area contributed by atoms with Crippen LogP contribution in [0.3, 0.4) is 0 Å². The summed E-state index contributed by atoms with van der Waals surface area (Å²) < 4.78 is 13.6. The SMILES string of the molecule is C.C/C=C(\C=C/N)c1ccc(C)c(F)c1C.C=C.CC. The molecule has 0 heterocycles. The smallest absolute Gasteiger partial charge is 0.129 e. The molecule has 1 aromatic rings. The normalized spacial score (nSPS) is 9.80. The molecule has 114 valence electrons. The van der Waals surface area contributed by atoms with Gasteiger partial charge in [-0.2, -0.15) is 0 Å². The van der Waals surface area contributed by atoms with E-state index in [0.29, 0.717) is 11.1 Å². The second-order valence-electron chi connectivity index (χ2n) is 3.47. The molecular weight excluding hydrogens is 249 g/mol. The van der Waals surface area contributed by atoms with Gasteiger partial charge >= 0.3 is 0 Å². The van der Waals surface area contributed by atoms with Crippen molar-refractivity contribution in [3.63, 3.8) is 0 Å². The average Bonchev–Trinajstić information content (AvgIpc) is 2.47. The van der Waals surface area contributed by atoms with E-state index in [1.807, 2.05) is 32.9 Å². The molecule has 0 saturated carbocycles. The first-order valence-electron chi connectivity index (χ1n) is 6.42. The molecule has 0 unspecified atom stereocenters. The lowest BCUT2D eigenvalue weighted by molar-refractivity contribution is 0.608. The number of nitrogens with two attached hydrogens (primary N) is 1. The van der Waals surface area contributed by atoms with Crippen molar-refractivity contribution in [2.75, 3.05) is 0 Å². The quantitative estimate of drug-likeness (QED) is 0.538. The van der Waals surface area contributed by atoms with Crippen LogP contribution in [0.15, 0.2) is 43.6 Å². The van der Waals surface area contributed by atoms with Crippen LogP contribution in [-0.4, -0.2) is 0 Å². The van der Waals surface area contributed by atoms with Gasteiger partial charge in [0.05, 0.1) is 0 Å². The Hall–Kier alpha value is -1.83. The van der Waals surface area contributed by atoms with Crippen molar-refractivity contribution in [2.24, 2.45) is 5.73 Å². The zero-order chi connectivity index (χ0) is 15.4. The van der Waals surface area contributed by atoms with Crippen LogP contribution < -0.4 is 5.73 Å². The Labute approximate surface area is 124 Å². The number of benzene rings is 1. The average molecular weight is 279 g/mol. The minimum atomic E-state index is -0.141. The van der Waals surface area contributed by atoms with E-state index < -0.39 is 0 Å². The first-order valence-corrected chi connectivity index (χ1v) is 6.42. The van der Waals surface area contributed by atoms with Crippen molar-refractivity contribution >= 4 is 5.57 Å². The van der Waals surface area contributed by atoms with Crippen LogP contribution in [0.5, 0.6) is 0 Å². The molecule has 1 rings (SSSR count).